The number of ether oxygens (including phenoxy) is 4. The molecule has 1 amide bonds. The van der Waals surface area contributed by atoms with Gasteiger partial charge in [0.05, 0.1) is 49.2 Å². The van der Waals surface area contributed by atoms with Crippen LogP contribution in [0.2, 0.25) is 0 Å². The molecule has 1 N–H and O–H groups in total. The van der Waals surface area contributed by atoms with Crippen molar-refractivity contribution < 1.29 is 23.7 Å². The zero-order valence-electron chi connectivity index (χ0n) is 21.9. The third-order valence-electron chi connectivity index (χ3n) is 6.77. The molecule has 2 aliphatic heterocycles. The molecule has 4 aromatic rings. The SMILES string of the molecule is COc1ccccc1NC(=O)CSc1nc2ccc(N3CCOCC3)cc2c(=O)n1Cc1ccc2c(c1)OCO2. The molecule has 206 valence electrons. The van der Waals surface area contributed by atoms with Crippen LogP contribution in [0.5, 0.6) is 17.2 Å². The van der Waals surface area contributed by atoms with Crippen LogP contribution in [0.25, 0.3) is 10.9 Å². The third-order valence-corrected chi connectivity index (χ3v) is 7.75. The van der Waals surface area contributed by atoms with E-state index in [1.54, 1.807) is 23.8 Å². The predicted octanol–water partition coefficient (Wildman–Crippen LogP) is 3.75. The normalized spacial score (nSPS) is 14.4. The summed E-state index contributed by atoms with van der Waals surface area (Å²) in [7, 11) is 1.55. The first-order chi connectivity index (χ1) is 19.6. The fourth-order valence-electron chi connectivity index (χ4n) is 4.74. The van der Waals surface area contributed by atoms with Gasteiger partial charge in [-0.2, -0.15) is 0 Å². The van der Waals surface area contributed by atoms with E-state index >= 15 is 0 Å². The lowest BCUT2D eigenvalue weighted by Gasteiger charge is -2.29. The molecule has 1 saturated heterocycles. The maximum absolute atomic E-state index is 13.9. The average molecular weight is 561 g/mol. The molecule has 0 radical (unpaired) electrons. The van der Waals surface area contributed by atoms with Crippen molar-refractivity contribution in [1.29, 1.82) is 0 Å². The van der Waals surface area contributed by atoms with Crippen LogP contribution >= 0.6 is 11.8 Å². The molecule has 10 nitrogen and oxygen atoms in total. The van der Waals surface area contributed by atoms with Gasteiger partial charge in [-0.05, 0) is 48.0 Å². The van der Waals surface area contributed by atoms with E-state index in [-0.39, 0.29) is 30.6 Å². The Balaban J connectivity index is 1.32. The summed E-state index contributed by atoms with van der Waals surface area (Å²) in [6, 6.07) is 18.6. The molecular formula is C29H28N4O6S. The van der Waals surface area contributed by atoms with E-state index in [1.165, 1.54) is 11.8 Å². The van der Waals surface area contributed by atoms with E-state index in [4.69, 9.17) is 23.9 Å². The van der Waals surface area contributed by atoms with Crippen LogP contribution in [0.15, 0.2) is 70.6 Å². The van der Waals surface area contributed by atoms with Crippen LogP contribution in [-0.4, -0.2) is 61.4 Å². The summed E-state index contributed by atoms with van der Waals surface area (Å²) in [5.41, 5.74) is 2.80. The van der Waals surface area contributed by atoms with Gasteiger partial charge in [-0.15, -0.1) is 0 Å². The fraction of sp³-hybridized carbons (Fsp3) is 0.276. The molecule has 11 heteroatoms. The van der Waals surface area contributed by atoms with Gasteiger partial charge in [0, 0.05) is 18.8 Å². The molecule has 0 unspecified atom stereocenters. The maximum Gasteiger partial charge on any atom is 0.262 e. The summed E-state index contributed by atoms with van der Waals surface area (Å²) in [5.74, 6) is 1.70. The minimum absolute atomic E-state index is 0.0585. The molecule has 0 aliphatic carbocycles. The Morgan fingerprint density at radius 3 is 2.73 bits per heavy atom. The lowest BCUT2D eigenvalue weighted by Crippen LogP contribution is -2.36. The number of carbonyl (C=O) groups excluding carboxylic acids is 1. The monoisotopic (exact) mass is 560 g/mol. The van der Waals surface area contributed by atoms with Crippen molar-refractivity contribution in [2.75, 3.05) is 56.2 Å². The highest BCUT2D eigenvalue weighted by Crippen LogP contribution is 2.33. The van der Waals surface area contributed by atoms with Gasteiger partial charge in [-0.3, -0.25) is 14.2 Å². The summed E-state index contributed by atoms with van der Waals surface area (Å²) >= 11 is 1.21. The second-order valence-electron chi connectivity index (χ2n) is 9.31. The summed E-state index contributed by atoms with van der Waals surface area (Å²) in [6.45, 7) is 3.26. The molecule has 1 aromatic heterocycles. The number of benzene rings is 3. The highest BCUT2D eigenvalue weighted by Gasteiger charge is 2.19. The van der Waals surface area contributed by atoms with E-state index in [0.717, 1.165) is 24.3 Å². The lowest BCUT2D eigenvalue weighted by atomic mass is 10.1. The van der Waals surface area contributed by atoms with Crippen LogP contribution in [0, 0.1) is 0 Å². The minimum Gasteiger partial charge on any atom is -0.495 e. The highest BCUT2D eigenvalue weighted by molar-refractivity contribution is 7.99. The number of rotatable bonds is 8. The van der Waals surface area contributed by atoms with Gasteiger partial charge in [0.25, 0.3) is 5.56 Å². The van der Waals surface area contributed by atoms with Gasteiger partial charge in [-0.25, -0.2) is 4.98 Å². The largest absolute Gasteiger partial charge is 0.495 e. The molecule has 0 spiro atoms. The molecular weight excluding hydrogens is 532 g/mol. The number of anilines is 2. The van der Waals surface area contributed by atoms with Crippen molar-refractivity contribution >= 4 is 39.9 Å². The molecule has 0 saturated carbocycles. The Kier molecular flexibility index (Phi) is 7.47. The van der Waals surface area contributed by atoms with Gasteiger partial charge in [0.15, 0.2) is 16.7 Å². The van der Waals surface area contributed by atoms with Crippen LogP contribution in [0.4, 0.5) is 11.4 Å². The summed E-state index contributed by atoms with van der Waals surface area (Å²) in [4.78, 5) is 33.8. The van der Waals surface area contributed by atoms with Gasteiger partial charge < -0.3 is 29.2 Å². The molecule has 40 heavy (non-hydrogen) atoms. The number of nitrogens with one attached hydrogen (secondary N) is 1. The molecule has 3 heterocycles. The maximum atomic E-state index is 13.9. The summed E-state index contributed by atoms with van der Waals surface area (Å²) in [6.07, 6.45) is 0. The Bertz CT molecular complexity index is 1620. The Hall–Kier alpha value is -4.22. The standard InChI is InChI=1S/C29H28N4O6S/c1-36-24-5-3-2-4-23(24)30-27(34)17-40-29-31-22-8-7-20(32-10-12-37-13-11-32)15-21(22)28(35)33(29)16-19-6-9-25-26(14-19)39-18-38-25/h2-9,14-15H,10-13,16-18H2,1H3,(H,30,34). The topological polar surface area (TPSA) is 104 Å². The molecule has 3 aromatic carbocycles. The van der Waals surface area contributed by atoms with E-state index in [1.807, 2.05) is 48.5 Å². The quantitative estimate of drug-likeness (QED) is 0.255. The Morgan fingerprint density at radius 1 is 1.05 bits per heavy atom. The smallest absolute Gasteiger partial charge is 0.262 e. The third kappa shape index (κ3) is 5.43. The summed E-state index contributed by atoms with van der Waals surface area (Å²) < 4.78 is 23.4. The highest BCUT2D eigenvalue weighted by atomic mass is 32.2. The van der Waals surface area contributed by atoms with Gasteiger partial charge in [0.1, 0.15) is 5.75 Å². The van der Waals surface area contributed by atoms with E-state index in [2.05, 4.69) is 10.2 Å². The number of amides is 1. The second kappa shape index (κ2) is 11.5. The van der Waals surface area contributed by atoms with Crippen LogP contribution < -0.4 is 30.0 Å². The van der Waals surface area contributed by atoms with Gasteiger partial charge >= 0.3 is 0 Å². The van der Waals surface area contributed by atoms with Crippen molar-refractivity contribution in [3.05, 3.63) is 76.6 Å². The first kappa shape index (κ1) is 26.0. The number of aromatic nitrogens is 2. The number of hydrogen-bond donors (Lipinski definition) is 1. The molecule has 6 rings (SSSR count). The Labute approximate surface area is 234 Å². The van der Waals surface area contributed by atoms with Crippen LogP contribution in [-0.2, 0) is 16.1 Å². The minimum atomic E-state index is -0.235. The fourth-order valence-corrected chi connectivity index (χ4v) is 5.54. The second-order valence-corrected chi connectivity index (χ2v) is 10.3. The first-order valence-corrected chi connectivity index (χ1v) is 13.9. The molecule has 2 aliphatic rings. The number of hydrogen-bond acceptors (Lipinski definition) is 9. The van der Waals surface area contributed by atoms with E-state index in [9.17, 15) is 9.59 Å². The van der Waals surface area contributed by atoms with Crippen LogP contribution in [0.1, 0.15) is 5.56 Å². The predicted molar refractivity (Wildman–Crippen MR) is 153 cm³/mol. The molecule has 0 atom stereocenters. The zero-order valence-corrected chi connectivity index (χ0v) is 22.7. The van der Waals surface area contributed by atoms with Crippen molar-refractivity contribution in [3.8, 4) is 17.2 Å². The van der Waals surface area contributed by atoms with Gasteiger partial charge in [0.2, 0.25) is 12.7 Å². The van der Waals surface area contributed by atoms with Crippen LogP contribution in [0.3, 0.4) is 0 Å². The number of methoxy groups -OCH3 is 1. The molecule has 0 bridgehead atoms. The number of fused-ring (bicyclic) bond motifs is 2. The lowest BCUT2D eigenvalue weighted by molar-refractivity contribution is -0.113. The number of nitrogens with zero attached hydrogens (tertiary/aromatic N) is 3. The van der Waals surface area contributed by atoms with Gasteiger partial charge in [-0.1, -0.05) is 30.0 Å². The van der Waals surface area contributed by atoms with Crippen molar-refractivity contribution in [1.82, 2.24) is 9.55 Å². The zero-order chi connectivity index (χ0) is 27.5. The first-order valence-electron chi connectivity index (χ1n) is 12.9. The average Bonchev–Trinajstić information content (AvgIpc) is 3.46. The number of para-hydroxylation sites is 2. The summed E-state index contributed by atoms with van der Waals surface area (Å²) in [5, 5.41) is 3.85. The van der Waals surface area contributed by atoms with Crippen molar-refractivity contribution in [2.45, 2.75) is 11.7 Å². The number of morpholine rings is 1. The number of thioether (sulfide) groups is 1. The van der Waals surface area contributed by atoms with Crippen molar-refractivity contribution in [2.24, 2.45) is 0 Å². The number of carbonyl (C=O) groups is 1. The van der Waals surface area contributed by atoms with E-state index < -0.39 is 0 Å². The van der Waals surface area contributed by atoms with Crippen molar-refractivity contribution in [3.63, 3.8) is 0 Å². The molecule has 1 fully saturated rings. The van der Waals surface area contributed by atoms with E-state index in [0.29, 0.717) is 52.2 Å². The Morgan fingerprint density at radius 2 is 1.88 bits per heavy atom.